The third kappa shape index (κ3) is 3.59. The molecule has 148 valence electrons. The molecule has 2 heterocycles. The van der Waals surface area contributed by atoms with E-state index in [-0.39, 0.29) is 28.9 Å². The molecule has 0 radical (unpaired) electrons. The van der Waals surface area contributed by atoms with Crippen molar-refractivity contribution in [1.82, 2.24) is 9.21 Å². The van der Waals surface area contributed by atoms with Gasteiger partial charge in [0.15, 0.2) is 0 Å². The van der Waals surface area contributed by atoms with Gasteiger partial charge in [0.1, 0.15) is 16.7 Å². The minimum Gasteiger partial charge on any atom is -0.487 e. The van der Waals surface area contributed by atoms with E-state index in [1.165, 1.54) is 0 Å². The van der Waals surface area contributed by atoms with Crippen molar-refractivity contribution in [3.63, 3.8) is 0 Å². The molecule has 2 aliphatic heterocycles. The van der Waals surface area contributed by atoms with Crippen molar-refractivity contribution in [1.29, 1.82) is 0 Å². The summed E-state index contributed by atoms with van der Waals surface area (Å²) in [5.41, 5.74) is 0. The number of hydrogen-bond donors (Lipinski definition) is 0. The van der Waals surface area contributed by atoms with Gasteiger partial charge in [0, 0.05) is 32.0 Å². The maximum Gasteiger partial charge on any atom is 0.247 e. The molecule has 2 fully saturated rings. The summed E-state index contributed by atoms with van der Waals surface area (Å²) in [4.78, 5) is 14.6. The molecule has 0 aromatic heterocycles. The summed E-state index contributed by atoms with van der Waals surface area (Å²) in [5, 5.41) is 0. The first-order valence-electron chi connectivity index (χ1n) is 9.94. The third-order valence-corrected chi connectivity index (χ3v) is 7.76. The quantitative estimate of drug-likeness (QED) is 0.793. The molecule has 27 heavy (non-hydrogen) atoms. The highest BCUT2D eigenvalue weighted by Gasteiger charge is 2.45. The van der Waals surface area contributed by atoms with Gasteiger partial charge in [-0.25, -0.2) is 8.42 Å². The zero-order valence-corrected chi connectivity index (χ0v) is 16.8. The zero-order chi connectivity index (χ0) is 19.2. The number of amides is 1. The van der Waals surface area contributed by atoms with Gasteiger partial charge in [0.05, 0.1) is 6.04 Å². The van der Waals surface area contributed by atoms with Crippen LogP contribution in [0.3, 0.4) is 0 Å². The van der Waals surface area contributed by atoms with Crippen molar-refractivity contribution in [2.45, 2.75) is 56.6 Å². The van der Waals surface area contributed by atoms with Crippen LogP contribution in [0.2, 0.25) is 0 Å². The molecule has 2 atom stereocenters. The highest BCUT2D eigenvalue weighted by atomic mass is 32.2. The van der Waals surface area contributed by atoms with E-state index >= 15 is 0 Å². The lowest BCUT2D eigenvalue weighted by molar-refractivity contribution is -0.134. The standard InChI is InChI=1S/C20H28N2O4S/c1-14(2)20(23)21-11-9-16-17(10-12-21)26-18-5-3-4-6-19(18)27(24,25)22(16)13-15-7-8-15/h3-6,14-17H,7-13H2,1-2H3/t16-,17-/m1/s1. The van der Waals surface area contributed by atoms with Gasteiger partial charge < -0.3 is 9.64 Å². The Morgan fingerprint density at radius 2 is 1.85 bits per heavy atom. The predicted octanol–water partition coefficient (Wildman–Crippen LogP) is 2.50. The number of fused-ring (bicyclic) bond motifs is 2. The largest absolute Gasteiger partial charge is 0.487 e. The van der Waals surface area contributed by atoms with Crippen LogP contribution in [0.4, 0.5) is 0 Å². The van der Waals surface area contributed by atoms with Crippen molar-refractivity contribution < 1.29 is 17.9 Å². The van der Waals surface area contributed by atoms with Crippen LogP contribution < -0.4 is 4.74 Å². The van der Waals surface area contributed by atoms with E-state index in [2.05, 4.69) is 0 Å². The van der Waals surface area contributed by atoms with E-state index in [4.69, 9.17) is 4.74 Å². The Bertz CT molecular complexity index is 819. The number of para-hydroxylation sites is 1. The molecule has 4 rings (SSSR count). The Kier molecular flexibility index (Phi) is 4.93. The predicted molar refractivity (Wildman–Crippen MR) is 102 cm³/mol. The number of rotatable bonds is 3. The molecule has 1 aromatic carbocycles. The van der Waals surface area contributed by atoms with Crippen LogP contribution in [0.15, 0.2) is 29.2 Å². The van der Waals surface area contributed by atoms with Gasteiger partial charge in [0.25, 0.3) is 0 Å². The second-order valence-electron chi connectivity index (χ2n) is 8.25. The maximum absolute atomic E-state index is 13.4. The average molecular weight is 393 g/mol. The van der Waals surface area contributed by atoms with Gasteiger partial charge in [-0.05, 0) is 37.3 Å². The van der Waals surface area contributed by atoms with Crippen LogP contribution in [0, 0.1) is 11.8 Å². The van der Waals surface area contributed by atoms with Gasteiger partial charge in [-0.1, -0.05) is 26.0 Å². The summed E-state index contributed by atoms with van der Waals surface area (Å²) in [6, 6.07) is 6.72. The normalized spacial score (nSPS) is 27.9. The highest BCUT2D eigenvalue weighted by molar-refractivity contribution is 7.89. The second kappa shape index (κ2) is 7.09. The van der Waals surface area contributed by atoms with Crippen molar-refractivity contribution in [3.8, 4) is 5.75 Å². The fourth-order valence-electron chi connectivity index (χ4n) is 4.13. The van der Waals surface area contributed by atoms with Crippen LogP contribution in [0.25, 0.3) is 0 Å². The summed E-state index contributed by atoms with van der Waals surface area (Å²) in [5.74, 6) is 0.959. The number of ether oxygens (including phenoxy) is 1. The second-order valence-corrected chi connectivity index (χ2v) is 10.1. The molecule has 1 saturated carbocycles. The molecule has 3 aliphatic rings. The Balaban J connectivity index is 1.69. The van der Waals surface area contributed by atoms with E-state index in [1.807, 2.05) is 24.8 Å². The van der Waals surface area contributed by atoms with Gasteiger partial charge >= 0.3 is 0 Å². The van der Waals surface area contributed by atoms with Gasteiger partial charge in [0.2, 0.25) is 15.9 Å². The van der Waals surface area contributed by atoms with Crippen molar-refractivity contribution in [2.75, 3.05) is 19.6 Å². The van der Waals surface area contributed by atoms with E-state index in [1.54, 1.807) is 22.5 Å². The molecular formula is C20H28N2O4S. The zero-order valence-electron chi connectivity index (χ0n) is 16.0. The number of hydrogen-bond acceptors (Lipinski definition) is 4. The molecule has 0 spiro atoms. The number of carbonyl (C=O) groups is 1. The molecule has 1 saturated heterocycles. The Morgan fingerprint density at radius 3 is 2.56 bits per heavy atom. The lowest BCUT2D eigenvalue weighted by Crippen LogP contribution is -2.48. The molecule has 0 N–H and O–H groups in total. The first-order chi connectivity index (χ1) is 12.9. The fraction of sp³-hybridized carbons (Fsp3) is 0.650. The molecule has 1 aromatic rings. The number of carbonyl (C=O) groups excluding carboxylic acids is 1. The van der Waals surface area contributed by atoms with E-state index < -0.39 is 10.0 Å². The van der Waals surface area contributed by atoms with Gasteiger partial charge in [-0.3, -0.25) is 4.79 Å². The molecule has 0 unspecified atom stereocenters. The monoisotopic (exact) mass is 392 g/mol. The van der Waals surface area contributed by atoms with Crippen LogP contribution in [-0.4, -0.2) is 55.3 Å². The molecule has 6 nitrogen and oxygen atoms in total. The van der Waals surface area contributed by atoms with Crippen molar-refractivity contribution in [3.05, 3.63) is 24.3 Å². The summed E-state index contributed by atoms with van der Waals surface area (Å²) in [6.45, 7) is 5.55. The van der Waals surface area contributed by atoms with Gasteiger partial charge in [-0.2, -0.15) is 4.31 Å². The molecule has 1 aliphatic carbocycles. The maximum atomic E-state index is 13.4. The SMILES string of the molecule is CC(C)C(=O)N1CC[C@@H]2[C@@H](CC1)Oc1ccccc1S(=O)(=O)N2CC1CC1. The lowest BCUT2D eigenvalue weighted by Gasteiger charge is -2.31. The highest BCUT2D eigenvalue weighted by Crippen LogP contribution is 2.39. The van der Waals surface area contributed by atoms with Crippen molar-refractivity contribution >= 4 is 15.9 Å². The summed E-state index contributed by atoms with van der Waals surface area (Å²) in [7, 11) is -3.61. The number of benzene rings is 1. The molecule has 0 bridgehead atoms. The number of likely N-dealkylation sites (tertiary alicyclic amines) is 1. The molecule has 7 heteroatoms. The Hall–Kier alpha value is -1.60. The van der Waals surface area contributed by atoms with Crippen LogP contribution in [0.5, 0.6) is 5.75 Å². The summed E-state index contributed by atoms with van der Waals surface area (Å²) < 4.78 is 34.8. The van der Waals surface area contributed by atoms with Crippen molar-refractivity contribution in [2.24, 2.45) is 11.8 Å². The molecule has 1 amide bonds. The fourth-order valence-corrected chi connectivity index (χ4v) is 6.01. The summed E-state index contributed by atoms with van der Waals surface area (Å²) in [6.07, 6.45) is 3.21. The first-order valence-corrected chi connectivity index (χ1v) is 11.4. The van der Waals surface area contributed by atoms with E-state index in [0.717, 1.165) is 12.8 Å². The van der Waals surface area contributed by atoms with Crippen LogP contribution >= 0.6 is 0 Å². The average Bonchev–Trinajstić information content (AvgIpc) is 3.46. The molecular weight excluding hydrogens is 364 g/mol. The van der Waals surface area contributed by atoms with E-state index in [0.29, 0.717) is 44.1 Å². The van der Waals surface area contributed by atoms with Crippen LogP contribution in [0.1, 0.15) is 39.5 Å². The lowest BCUT2D eigenvalue weighted by atomic mass is 10.1. The Labute approximate surface area is 161 Å². The minimum absolute atomic E-state index is 0.0548. The van der Waals surface area contributed by atoms with Gasteiger partial charge in [-0.15, -0.1) is 0 Å². The summed E-state index contributed by atoms with van der Waals surface area (Å²) >= 11 is 0. The topological polar surface area (TPSA) is 66.9 Å². The van der Waals surface area contributed by atoms with E-state index in [9.17, 15) is 13.2 Å². The van der Waals surface area contributed by atoms with Crippen LogP contribution in [-0.2, 0) is 14.8 Å². The minimum atomic E-state index is -3.61. The third-order valence-electron chi connectivity index (χ3n) is 5.83. The first kappa shape index (κ1) is 18.7. The number of nitrogens with zero attached hydrogens (tertiary/aromatic N) is 2. The Morgan fingerprint density at radius 1 is 1.15 bits per heavy atom. The smallest absolute Gasteiger partial charge is 0.247 e. The number of sulfonamides is 1.